The van der Waals surface area contributed by atoms with Crippen LogP contribution in [0.3, 0.4) is 0 Å². The zero-order chi connectivity index (χ0) is 17.8. The molecule has 0 amide bonds. The largest absolute Gasteiger partial charge is 0.497 e. The number of carbonyl (C=O) groups is 1. The van der Waals surface area contributed by atoms with E-state index in [2.05, 4.69) is 4.98 Å². The van der Waals surface area contributed by atoms with Crippen LogP contribution in [0.1, 0.15) is 15.9 Å². The summed E-state index contributed by atoms with van der Waals surface area (Å²) in [5.41, 5.74) is 7.95. The van der Waals surface area contributed by atoms with Gasteiger partial charge in [-0.1, -0.05) is 12.1 Å². The van der Waals surface area contributed by atoms with Crippen LogP contribution in [0.4, 0.5) is 5.13 Å². The molecule has 0 spiro atoms. The second kappa shape index (κ2) is 7.23. The zero-order valence-corrected chi connectivity index (χ0v) is 14.2. The first-order valence-corrected chi connectivity index (χ1v) is 8.29. The number of aromatic nitrogens is 1. The highest BCUT2D eigenvalue weighted by molar-refractivity contribution is 7.13. The van der Waals surface area contributed by atoms with Gasteiger partial charge in [0.15, 0.2) is 5.13 Å². The summed E-state index contributed by atoms with van der Waals surface area (Å²) >= 11 is 1.31. The molecule has 0 aliphatic carbocycles. The fraction of sp³-hybridized carbons (Fsp3) is 0.111. The van der Waals surface area contributed by atoms with Crippen molar-refractivity contribution in [1.82, 2.24) is 4.98 Å². The van der Waals surface area contributed by atoms with E-state index in [-0.39, 0.29) is 12.2 Å². The van der Waals surface area contributed by atoms with Crippen molar-refractivity contribution in [3.8, 4) is 22.8 Å². The van der Waals surface area contributed by atoms with Crippen molar-refractivity contribution in [2.45, 2.75) is 6.61 Å². The number of nitrogens with zero attached hydrogens (tertiary/aromatic N) is 1. The van der Waals surface area contributed by atoms with Gasteiger partial charge in [0.1, 0.15) is 23.7 Å². The molecule has 0 fully saturated rings. The van der Waals surface area contributed by atoms with Gasteiger partial charge in [-0.2, -0.15) is 0 Å². The molecule has 3 N–H and O–H groups in total. The summed E-state index contributed by atoms with van der Waals surface area (Å²) in [6, 6.07) is 12.3. The van der Waals surface area contributed by atoms with Crippen LogP contribution < -0.4 is 15.2 Å². The molecule has 7 heteroatoms. The molecule has 1 heterocycles. The molecule has 0 aliphatic heterocycles. The summed E-state index contributed by atoms with van der Waals surface area (Å²) in [4.78, 5) is 15.7. The van der Waals surface area contributed by atoms with E-state index in [1.165, 1.54) is 11.3 Å². The second-order valence-electron chi connectivity index (χ2n) is 5.22. The minimum absolute atomic E-state index is 0.0811. The lowest BCUT2D eigenvalue weighted by Crippen LogP contribution is -2.04. The van der Waals surface area contributed by atoms with Crippen molar-refractivity contribution < 1.29 is 19.4 Å². The van der Waals surface area contributed by atoms with E-state index in [1.54, 1.807) is 30.7 Å². The molecule has 0 radical (unpaired) electrons. The fourth-order valence-electron chi connectivity index (χ4n) is 2.29. The molecule has 6 nitrogen and oxygen atoms in total. The molecule has 3 aromatic rings. The third kappa shape index (κ3) is 3.89. The van der Waals surface area contributed by atoms with E-state index in [9.17, 15) is 9.90 Å². The third-order valence-corrected chi connectivity index (χ3v) is 4.25. The summed E-state index contributed by atoms with van der Waals surface area (Å²) in [5, 5.41) is 11.7. The minimum Gasteiger partial charge on any atom is -0.497 e. The van der Waals surface area contributed by atoms with Crippen LogP contribution in [-0.2, 0) is 6.61 Å². The molecule has 0 unspecified atom stereocenters. The number of carboxylic acid groups (broad SMARTS) is 1. The number of hydrogen-bond acceptors (Lipinski definition) is 6. The van der Waals surface area contributed by atoms with Crippen LogP contribution in [-0.4, -0.2) is 23.2 Å². The molecule has 2 aromatic carbocycles. The minimum atomic E-state index is -1.06. The van der Waals surface area contributed by atoms with Gasteiger partial charge in [-0.15, -0.1) is 11.3 Å². The van der Waals surface area contributed by atoms with E-state index in [1.807, 2.05) is 24.3 Å². The summed E-state index contributed by atoms with van der Waals surface area (Å²) in [5.74, 6) is -0.00749. The molecule has 0 saturated heterocycles. The van der Waals surface area contributed by atoms with E-state index in [4.69, 9.17) is 15.2 Å². The first-order chi connectivity index (χ1) is 12.1. The second-order valence-corrected chi connectivity index (χ2v) is 6.11. The molecule has 128 valence electrons. The quantitative estimate of drug-likeness (QED) is 0.700. The third-order valence-electron chi connectivity index (χ3n) is 3.58. The van der Waals surface area contributed by atoms with Crippen LogP contribution >= 0.6 is 11.3 Å². The highest BCUT2D eigenvalue weighted by Gasteiger charge is 2.14. The topological polar surface area (TPSA) is 94.7 Å². The highest BCUT2D eigenvalue weighted by Crippen LogP contribution is 2.29. The Balaban J connectivity index is 1.81. The molecular formula is C18H16N2O4S. The number of nitrogens with two attached hydrogens (primary N) is 1. The lowest BCUT2D eigenvalue weighted by Gasteiger charge is -2.11. The van der Waals surface area contributed by atoms with Gasteiger partial charge in [0.2, 0.25) is 0 Å². The predicted octanol–water partition coefficient (Wildman–Crippen LogP) is 3.68. The maximum absolute atomic E-state index is 11.6. The van der Waals surface area contributed by atoms with Crippen molar-refractivity contribution in [2.75, 3.05) is 12.8 Å². The average Bonchev–Trinajstić information content (AvgIpc) is 3.06. The van der Waals surface area contributed by atoms with Gasteiger partial charge in [-0.25, -0.2) is 9.78 Å². The summed E-state index contributed by atoms with van der Waals surface area (Å²) in [6.45, 7) is 0.257. The number of hydrogen-bond donors (Lipinski definition) is 2. The molecule has 0 aliphatic rings. The first kappa shape index (κ1) is 16.8. The predicted molar refractivity (Wildman–Crippen MR) is 96.2 cm³/mol. The Morgan fingerprint density at radius 3 is 2.60 bits per heavy atom. The van der Waals surface area contributed by atoms with Gasteiger partial charge in [0.05, 0.1) is 12.8 Å². The normalized spacial score (nSPS) is 10.4. The summed E-state index contributed by atoms with van der Waals surface area (Å²) in [7, 11) is 1.60. The lowest BCUT2D eigenvalue weighted by atomic mass is 10.1. The summed E-state index contributed by atoms with van der Waals surface area (Å²) < 4.78 is 10.8. The van der Waals surface area contributed by atoms with Crippen LogP contribution in [0, 0.1) is 0 Å². The number of nitrogen functional groups attached to an aromatic ring is 1. The van der Waals surface area contributed by atoms with Gasteiger partial charge >= 0.3 is 5.97 Å². The molecule has 0 saturated carbocycles. The Morgan fingerprint density at radius 2 is 2.00 bits per heavy atom. The standard InChI is InChI=1S/C18H16N2O4S/c1-23-13-5-2-11(3-6-13)9-24-16-7-4-12(8-14(16)17(21)22)15-10-25-18(19)20-15/h2-8,10H,9H2,1H3,(H2,19,20)(H,21,22). The number of ether oxygens (including phenoxy) is 2. The maximum Gasteiger partial charge on any atom is 0.339 e. The summed E-state index contributed by atoms with van der Waals surface area (Å²) in [6.07, 6.45) is 0. The number of carboxylic acids is 1. The van der Waals surface area contributed by atoms with Crippen molar-refractivity contribution in [1.29, 1.82) is 0 Å². The van der Waals surface area contributed by atoms with Crippen LogP contribution in [0.5, 0.6) is 11.5 Å². The molecular weight excluding hydrogens is 340 g/mol. The van der Waals surface area contributed by atoms with Gasteiger partial charge in [0, 0.05) is 10.9 Å². The average molecular weight is 356 g/mol. The van der Waals surface area contributed by atoms with Gasteiger partial charge in [-0.3, -0.25) is 0 Å². The number of methoxy groups -OCH3 is 1. The van der Waals surface area contributed by atoms with Gasteiger partial charge in [0.25, 0.3) is 0 Å². The maximum atomic E-state index is 11.6. The van der Waals surface area contributed by atoms with E-state index < -0.39 is 5.97 Å². The Morgan fingerprint density at radius 1 is 1.24 bits per heavy atom. The van der Waals surface area contributed by atoms with E-state index in [0.29, 0.717) is 22.1 Å². The Bertz CT molecular complexity index is 890. The number of thiazole rings is 1. The molecule has 1 aromatic heterocycles. The zero-order valence-electron chi connectivity index (χ0n) is 13.4. The number of rotatable bonds is 6. The fourth-order valence-corrected chi connectivity index (χ4v) is 2.86. The SMILES string of the molecule is COc1ccc(COc2ccc(-c3csc(N)n3)cc2C(=O)O)cc1. The van der Waals surface area contributed by atoms with Crippen LogP contribution in [0.25, 0.3) is 11.3 Å². The Hall–Kier alpha value is -3.06. The number of benzene rings is 2. The van der Waals surface area contributed by atoms with Crippen LogP contribution in [0.15, 0.2) is 47.8 Å². The van der Waals surface area contributed by atoms with Crippen LogP contribution in [0.2, 0.25) is 0 Å². The van der Waals surface area contributed by atoms with Crippen molar-refractivity contribution in [3.63, 3.8) is 0 Å². The van der Waals surface area contributed by atoms with Crippen molar-refractivity contribution in [2.24, 2.45) is 0 Å². The smallest absolute Gasteiger partial charge is 0.339 e. The monoisotopic (exact) mass is 356 g/mol. The van der Waals surface area contributed by atoms with Crippen molar-refractivity contribution >= 4 is 22.4 Å². The molecule has 25 heavy (non-hydrogen) atoms. The first-order valence-electron chi connectivity index (χ1n) is 7.41. The number of anilines is 1. The Labute approximate surface area is 148 Å². The number of aromatic carboxylic acids is 1. The lowest BCUT2D eigenvalue weighted by molar-refractivity contribution is 0.0692. The van der Waals surface area contributed by atoms with Gasteiger partial charge in [-0.05, 0) is 35.9 Å². The molecule has 0 bridgehead atoms. The van der Waals surface area contributed by atoms with E-state index >= 15 is 0 Å². The van der Waals surface area contributed by atoms with Gasteiger partial charge < -0.3 is 20.3 Å². The van der Waals surface area contributed by atoms with E-state index in [0.717, 1.165) is 11.3 Å². The highest BCUT2D eigenvalue weighted by atomic mass is 32.1. The van der Waals surface area contributed by atoms with Crippen molar-refractivity contribution in [3.05, 3.63) is 59.0 Å². The molecule has 3 rings (SSSR count). The molecule has 0 atom stereocenters. The Kier molecular flexibility index (Phi) is 4.85.